The molecular weight excluding hydrogens is 241 g/mol. The lowest BCUT2D eigenvalue weighted by molar-refractivity contribution is -0.142. The van der Waals surface area contributed by atoms with Crippen molar-refractivity contribution in [2.75, 3.05) is 0 Å². The minimum absolute atomic E-state index is 0.312. The Kier molecular flexibility index (Phi) is 3.49. The van der Waals surface area contributed by atoms with E-state index in [2.05, 4.69) is 4.98 Å². The van der Waals surface area contributed by atoms with Gasteiger partial charge in [0.25, 0.3) is 6.43 Å². The predicted octanol–water partition coefficient (Wildman–Crippen LogP) is 3.78. The van der Waals surface area contributed by atoms with Crippen LogP contribution in [0.2, 0.25) is 0 Å². The summed E-state index contributed by atoms with van der Waals surface area (Å²) in [7, 11) is 0. The van der Waals surface area contributed by atoms with Gasteiger partial charge in [0, 0.05) is 5.88 Å². The van der Waals surface area contributed by atoms with Crippen LogP contribution >= 0.6 is 11.6 Å². The number of nitrogens with zero attached hydrogens (tertiary/aromatic N) is 1. The Morgan fingerprint density at radius 1 is 1.27 bits per heavy atom. The Labute approximate surface area is 86.9 Å². The lowest BCUT2D eigenvalue weighted by atomic mass is 10.2. The normalized spacial score (nSPS) is 12.2. The molecule has 84 valence electrons. The molecule has 1 heterocycles. The average molecular weight is 246 g/mol. The number of hydrogen-bond donors (Lipinski definition) is 0. The monoisotopic (exact) mass is 245 g/mol. The molecule has 0 N–H and O–H groups in total. The third-order valence-electron chi connectivity index (χ3n) is 1.64. The van der Waals surface area contributed by atoms with Crippen molar-refractivity contribution in [1.29, 1.82) is 0 Å². The van der Waals surface area contributed by atoms with Gasteiger partial charge in [-0.25, -0.2) is 13.8 Å². The van der Waals surface area contributed by atoms with Gasteiger partial charge in [-0.1, -0.05) is 6.07 Å². The molecule has 0 saturated heterocycles. The highest BCUT2D eigenvalue weighted by atomic mass is 35.5. The van der Waals surface area contributed by atoms with Crippen LogP contribution < -0.4 is 0 Å². The van der Waals surface area contributed by atoms with Gasteiger partial charge in [-0.15, -0.1) is 11.6 Å². The fourth-order valence-electron chi connectivity index (χ4n) is 0.978. The van der Waals surface area contributed by atoms with Gasteiger partial charge in [-0.05, 0) is 11.6 Å². The van der Waals surface area contributed by atoms with E-state index in [4.69, 9.17) is 11.6 Å². The van der Waals surface area contributed by atoms with E-state index in [-0.39, 0.29) is 5.56 Å². The van der Waals surface area contributed by atoms with Crippen molar-refractivity contribution in [2.24, 2.45) is 0 Å². The molecular formula is C8H5ClF5N. The molecule has 0 saturated carbocycles. The smallest absolute Gasteiger partial charge is 0.242 e. The van der Waals surface area contributed by atoms with Gasteiger partial charge < -0.3 is 0 Å². The number of alkyl halides is 6. The fraction of sp³-hybridized carbons (Fsp3) is 0.375. The first-order valence-electron chi connectivity index (χ1n) is 3.77. The standard InChI is InChI=1S/C8H5ClF5N/c9-3-4-1-2-5(7(10)11)15-6(4)8(12,13)14/h1-2,7H,3H2. The van der Waals surface area contributed by atoms with E-state index in [1.54, 1.807) is 0 Å². The third kappa shape index (κ3) is 2.77. The molecule has 0 aliphatic rings. The molecule has 1 rings (SSSR count). The molecule has 7 heteroatoms. The van der Waals surface area contributed by atoms with Crippen LogP contribution in [0.4, 0.5) is 22.0 Å². The summed E-state index contributed by atoms with van der Waals surface area (Å²) >= 11 is 5.24. The molecule has 0 bridgehead atoms. The summed E-state index contributed by atoms with van der Waals surface area (Å²) < 4.78 is 61.2. The van der Waals surface area contributed by atoms with Gasteiger partial charge in [0.1, 0.15) is 11.4 Å². The van der Waals surface area contributed by atoms with E-state index in [0.29, 0.717) is 0 Å². The Morgan fingerprint density at radius 2 is 1.87 bits per heavy atom. The summed E-state index contributed by atoms with van der Waals surface area (Å²) in [6.45, 7) is 0. The highest BCUT2D eigenvalue weighted by molar-refractivity contribution is 6.17. The molecule has 0 atom stereocenters. The van der Waals surface area contributed by atoms with E-state index in [1.807, 2.05) is 0 Å². The van der Waals surface area contributed by atoms with Crippen LogP contribution in [-0.2, 0) is 12.1 Å². The van der Waals surface area contributed by atoms with Crippen molar-refractivity contribution in [1.82, 2.24) is 4.98 Å². The first-order valence-corrected chi connectivity index (χ1v) is 4.31. The van der Waals surface area contributed by atoms with Crippen molar-refractivity contribution in [3.8, 4) is 0 Å². The molecule has 1 aromatic rings. The summed E-state index contributed by atoms with van der Waals surface area (Å²) in [5.74, 6) is -0.425. The minimum atomic E-state index is -4.77. The van der Waals surface area contributed by atoms with E-state index < -0.39 is 29.9 Å². The van der Waals surface area contributed by atoms with Crippen molar-refractivity contribution < 1.29 is 22.0 Å². The summed E-state index contributed by atoms with van der Waals surface area (Å²) in [5, 5.41) is 0. The maximum absolute atomic E-state index is 12.3. The summed E-state index contributed by atoms with van der Waals surface area (Å²) in [6.07, 6.45) is -7.80. The van der Waals surface area contributed by atoms with Crippen molar-refractivity contribution in [2.45, 2.75) is 18.5 Å². The average Bonchev–Trinajstić information content (AvgIpc) is 2.15. The number of aromatic nitrogens is 1. The zero-order chi connectivity index (χ0) is 11.6. The second kappa shape index (κ2) is 4.30. The Hall–Kier alpha value is -0.910. The van der Waals surface area contributed by atoms with Crippen LogP contribution in [0.25, 0.3) is 0 Å². The number of hydrogen-bond acceptors (Lipinski definition) is 1. The van der Waals surface area contributed by atoms with Crippen LogP contribution in [0.1, 0.15) is 23.4 Å². The van der Waals surface area contributed by atoms with Crippen LogP contribution in [0.15, 0.2) is 12.1 Å². The van der Waals surface area contributed by atoms with E-state index >= 15 is 0 Å². The number of pyridine rings is 1. The van der Waals surface area contributed by atoms with Crippen molar-refractivity contribution >= 4 is 11.6 Å². The van der Waals surface area contributed by atoms with Crippen LogP contribution in [0, 0.1) is 0 Å². The zero-order valence-electron chi connectivity index (χ0n) is 7.15. The highest BCUT2D eigenvalue weighted by Crippen LogP contribution is 2.32. The SMILES string of the molecule is FC(F)c1ccc(CCl)c(C(F)(F)F)n1. The molecule has 0 amide bonds. The summed E-state index contributed by atoms with van der Waals surface area (Å²) in [5.41, 5.74) is -2.57. The molecule has 0 aliphatic heterocycles. The van der Waals surface area contributed by atoms with E-state index in [0.717, 1.165) is 12.1 Å². The quantitative estimate of drug-likeness (QED) is 0.571. The van der Waals surface area contributed by atoms with Gasteiger partial charge in [0.05, 0.1) is 0 Å². The third-order valence-corrected chi connectivity index (χ3v) is 1.92. The Morgan fingerprint density at radius 3 is 2.27 bits per heavy atom. The molecule has 0 aromatic carbocycles. The van der Waals surface area contributed by atoms with Gasteiger partial charge in [-0.2, -0.15) is 13.2 Å². The molecule has 0 aliphatic carbocycles. The van der Waals surface area contributed by atoms with Gasteiger partial charge in [0.15, 0.2) is 0 Å². The predicted molar refractivity (Wildman–Crippen MR) is 43.8 cm³/mol. The molecule has 1 nitrogen and oxygen atoms in total. The summed E-state index contributed by atoms with van der Waals surface area (Å²) in [4.78, 5) is 2.85. The van der Waals surface area contributed by atoms with Gasteiger partial charge in [-0.3, -0.25) is 0 Å². The van der Waals surface area contributed by atoms with Crippen LogP contribution in [0.5, 0.6) is 0 Å². The molecule has 15 heavy (non-hydrogen) atoms. The van der Waals surface area contributed by atoms with E-state index in [9.17, 15) is 22.0 Å². The van der Waals surface area contributed by atoms with Crippen LogP contribution in [0.3, 0.4) is 0 Å². The molecule has 0 unspecified atom stereocenters. The highest BCUT2D eigenvalue weighted by Gasteiger charge is 2.35. The van der Waals surface area contributed by atoms with Gasteiger partial charge >= 0.3 is 6.18 Å². The molecule has 0 radical (unpaired) electrons. The van der Waals surface area contributed by atoms with E-state index in [1.165, 1.54) is 0 Å². The maximum atomic E-state index is 12.3. The maximum Gasteiger partial charge on any atom is 0.433 e. The van der Waals surface area contributed by atoms with Crippen LogP contribution in [-0.4, -0.2) is 4.98 Å². The number of halogens is 6. The first kappa shape index (κ1) is 12.2. The van der Waals surface area contributed by atoms with Gasteiger partial charge in [0.2, 0.25) is 0 Å². The Bertz CT molecular complexity index is 349. The summed E-state index contributed by atoms with van der Waals surface area (Å²) in [6, 6.07) is 1.74. The number of rotatable bonds is 2. The second-order valence-corrected chi connectivity index (χ2v) is 2.94. The second-order valence-electron chi connectivity index (χ2n) is 2.68. The van der Waals surface area contributed by atoms with Crippen molar-refractivity contribution in [3.63, 3.8) is 0 Å². The zero-order valence-corrected chi connectivity index (χ0v) is 7.91. The largest absolute Gasteiger partial charge is 0.433 e. The topological polar surface area (TPSA) is 12.9 Å². The lowest BCUT2D eigenvalue weighted by Gasteiger charge is -2.11. The van der Waals surface area contributed by atoms with Crippen molar-refractivity contribution in [3.05, 3.63) is 29.1 Å². The molecule has 1 aromatic heterocycles. The Balaban J connectivity index is 3.26. The molecule has 0 fully saturated rings. The first-order chi connectivity index (χ1) is 6.86. The fourth-order valence-corrected chi connectivity index (χ4v) is 1.19. The molecule has 0 spiro atoms. The minimum Gasteiger partial charge on any atom is -0.242 e. The lowest BCUT2D eigenvalue weighted by Crippen LogP contribution is -2.13.